The van der Waals surface area contributed by atoms with E-state index >= 15 is 0 Å². The Bertz CT molecular complexity index is 576. The number of nitrogens with two attached hydrogens (primary N) is 1. The van der Waals surface area contributed by atoms with Gasteiger partial charge in [0.05, 0.1) is 22.5 Å². The van der Waals surface area contributed by atoms with Crippen LogP contribution in [0.1, 0.15) is 32.5 Å². The molecule has 0 saturated heterocycles. The van der Waals surface area contributed by atoms with E-state index in [2.05, 4.69) is 39.7 Å². The molecule has 0 saturated carbocycles. The lowest BCUT2D eigenvalue weighted by molar-refractivity contribution is 0.391. The lowest BCUT2D eigenvalue weighted by Gasteiger charge is -2.23. The monoisotopic (exact) mass is 341 g/mol. The molecule has 3 N–H and O–H groups in total. The van der Waals surface area contributed by atoms with Crippen LogP contribution in [0.5, 0.6) is 0 Å². The zero-order chi connectivity index (χ0) is 14.0. The second kappa shape index (κ2) is 5.65. The number of halogens is 2. The van der Waals surface area contributed by atoms with Crippen LogP contribution < -0.4 is 5.73 Å². The van der Waals surface area contributed by atoms with Crippen molar-refractivity contribution in [1.29, 1.82) is 0 Å². The number of hydrogen-bond donors (Lipinski definition) is 2. The Kier molecular flexibility index (Phi) is 4.33. The van der Waals surface area contributed by atoms with E-state index in [1.54, 1.807) is 6.20 Å². The topological polar surface area (TPSA) is 54.7 Å². The second-order valence-corrected chi connectivity index (χ2v) is 5.96. The van der Waals surface area contributed by atoms with Crippen LogP contribution in [-0.4, -0.2) is 9.97 Å². The third kappa shape index (κ3) is 2.86. The molecule has 0 aliphatic carbocycles. The number of nitrogens with one attached hydrogen (secondary N) is 1. The minimum atomic E-state index is -0.403. The van der Waals surface area contributed by atoms with Crippen LogP contribution in [0.2, 0.25) is 5.02 Å². The van der Waals surface area contributed by atoms with E-state index < -0.39 is 5.54 Å². The van der Waals surface area contributed by atoms with E-state index in [0.717, 1.165) is 34.4 Å². The van der Waals surface area contributed by atoms with E-state index in [9.17, 15) is 0 Å². The summed E-state index contributed by atoms with van der Waals surface area (Å²) in [6, 6.07) is 5.78. The van der Waals surface area contributed by atoms with Crippen molar-refractivity contribution < 1.29 is 0 Å². The van der Waals surface area contributed by atoms with Crippen molar-refractivity contribution in [2.45, 2.75) is 32.2 Å². The number of hydrogen-bond acceptors (Lipinski definition) is 2. The highest BCUT2D eigenvalue weighted by Crippen LogP contribution is 2.31. The summed E-state index contributed by atoms with van der Waals surface area (Å²) < 4.78 is 0.955. The Labute approximate surface area is 126 Å². The van der Waals surface area contributed by atoms with Crippen LogP contribution in [0.25, 0.3) is 11.3 Å². The van der Waals surface area contributed by atoms with Crippen molar-refractivity contribution >= 4 is 27.5 Å². The maximum absolute atomic E-state index is 6.34. The molecular weight excluding hydrogens is 326 g/mol. The number of aromatic amines is 1. The normalized spacial score (nSPS) is 11.8. The van der Waals surface area contributed by atoms with E-state index in [-0.39, 0.29) is 0 Å². The maximum Gasteiger partial charge on any atom is 0.126 e. The molecule has 19 heavy (non-hydrogen) atoms. The molecule has 2 rings (SSSR count). The second-order valence-electron chi connectivity index (χ2n) is 4.63. The fourth-order valence-electron chi connectivity index (χ4n) is 2.00. The van der Waals surface area contributed by atoms with Gasteiger partial charge in [0, 0.05) is 10.0 Å². The van der Waals surface area contributed by atoms with Crippen molar-refractivity contribution in [3.05, 3.63) is 39.7 Å². The van der Waals surface area contributed by atoms with Crippen LogP contribution in [-0.2, 0) is 5.54 Å². The lowest BCUT2D eigenvalue weighted by atomic mass is 9.93. The van der Waals surface area contributed by atoms with Gasteiger partial charge in [0.15, 0.2) is 0 Å². The highest BCUT2D eigenvalue weighted by atomic mass is 79.9. The van der Waals surface area contributed by atoms with Crippen molar-refractivity contribution in [2.75, 3.05) is 0 Å². The average Bonchev–Trinajstić information content (AvgIpc) is 2.88. The summed E-state index contributed by atoms with van der Waals surface area (Å²) >= 11 is 9.64. The van der Waals surface area contributed by atoms with Gasteiger partial charge < -0.3 is 10.7 Å². The summed E-state index contributed by atoms with van der Waals surface area (Å²) in [6.45, 7) is 4.14. The molecule has 0 fully saturated rings. The quantitative estimate of drug-likeness (QED) is 0.861. The lowest BCUT2D eigenvalue weighted by Crippen LogP contribution is -2.36. The molecule has 1 aromatic heterocycles. The largest absolute Gasteiger partial charge is 0.340 e. The molecule has 5 heteroatoms. The molecule has 102 valence electrons. The van der Waals surface area contributed by atoms with Crippen LogP contribution in [0.15, 0.2) is 28.9 Å². The number of H-pyrrole nitrogens is 1. The molecule has 1 heterocycles. The molecule has 0 unspecified atom stereocenters. The average molecular weight is 343 g/mol. The van der Waals surface area contributed by atoms with Crippen molar-refractivity contribution in [2.24, 2.45) is 5.73 Å². The Hall–Kier alpha value is -0.840. The smallest absolute Gasteiger partial charge is 0.126 e. The van der Waals surface area contributed by atoms with Crippen molar-refractivity contribution in [3.8, 4) is 11.3 Å². The maximum atomic E-state index is 6.34. The Morgan fingerprint density at radius 3 is 2.63 bits per heavy atom. The summed E-state index contributed by atoms with van der Waals surface area (Å²) in [5, 5.41) is 0.681. The van der Waals surface area contributed by atoms with Gasteiger partial charge in [-0.05, 0) is 25.0 Å². The number of rotatable bonds is 4. The van der Waals surface area contributed by atoms with Gasteiger partial charge in [0.1, 0.15) is 5.82 Å². The molecule has 0 radical (unpaired) electrons. The first kappa shape index (κ1) is 14.6. The summed E-state index contributed by atoms with van der Waals surface area (Å²) in [7, 11) is 0. The molecule has 0 amide bonds. The molecule has 0 spiro atoms. The summed E-state index contributed by atoms with van der Waals surface area (Å²) in [6.07, 6.45) is 3.46. The number of benzene rings is 1. The third-order valence-electron chi connectivity index (χ3n) is 3.53. The van der Waals surface area contributed by atoms with Crippen LogP contribution >= 0.6 is 27.5 Å². The highest BCUT2D eigenvalue weighted by Gasteiger charge is 2.26. The standard InChI is InChI=1S/C14H17BrClN3/c1-3-14(17,4-2)13-18-8-12(19-13)10-6-5-9(15)7-11(10)16/h5-8H,3-4,17H2,1-2H3,(H,18,19). The van der Waals surface area contributed by atoms with Crippen LogP contribution in [0, 0.1) is 0 Å². The number of imidazole rings is 1. The van der Waals surface area contributed by atoms with E-state index in [1.165, 1.54) is 0 Å². The number of aromatic nitrogens is 2. The SMILES string of the molecule is CCC(N)(CC)c1ncc(-c2ccc(Br)cc2Cl)[nH]1. The molecule has 3 nitrogen and oxygen atoms in total. The Morgan fingerprint density at radius 1 is 1.37 bits per heavy atom. The van der Waals surface area contributed by atoms with Gasteiger partial charge in [-0.3, -0.25) is 0 Å². The van der Waals surface area contributed by atoms with Gasteiger partial charge in [-0.2, -0.15) is 0 Å². The predicted molar refractivity (Wildman–Crippen MR) is 83.2 cm³/mol. The summed E-state index contributed by atoms with van der Waals surface area (Å²) in [5.74, 6) is 0.812. The Balaban J connectivity index is 2.41. The number of nitrogens with zero attached hydrogens (tertiary/aromatic N) is 1. The first-order valence-electron chi connectivity index (χ1n) is 6.30. The fraction of sp³-hybridized carbons (Fsp3) is 0.357. The van der Waals surface area contributed by atoms with Gasteiger partial charge in [-0.15, -0.1) is 0 Å². The van der Waals surface area contributed by atoms with Gasteiger partial charge >= 0.3 is 0 Å². The molecule has 0 aliphatic rings. The molecule has 0 aliphatic heterocycles. The summed E-state index contributed by atoms with van der Waals surface area (Å²) in [4.78, 5) is 7.72. The molecule has 0 bridgehead atoms. The third-order valence-corrected chi connectivity index (χ3v) is 4.34. The van der Waals surface area contributed by atoms with Gasteiger partial charge in [0.2, 0.25) is 0 Å². The minimum Gasteiger partial charge on any atom is -0.340 e. The first-order chi connectivity index (χ1) is 9.00. The van der Waals surface area contributed by atoms with Crippen molar-refractivity contribution in [3.63, 3.8) is 0 Å². The molecule has 2 aromatic rings. The highest BCUT2D eigenvalue weighted by molar-refractivity contribution is 9.10. The minimum absolute atomic E-state index is 0.403. The zero-order valence-electron chi connectivity index (χ0n) is 11.0. The van der Waals surface area contributed by atoms with Gasteiger partial charge in [0.25, 0.3) is 0 Å². The fourth-order valence-corrected chi connectivity index (χ4v) is 2.78. The van der Waals surface area contributed by atoms with E-state index in [4.69, 9.17) is 17.3 Å². The molecular formula is C14H17BrClN3. The summed E-state index contributed by atoms with van der Waals surface area (Å²) in [5.41, 5.74) is 7.76. The van der Waals surface area contributed by atoms with Crippen molar-refractivity contribution in [1.82, 2.24) is 9.97 Å². The predicted octanol–water partition coefficient (Wildman–Crippen LogP) is 4.47. The molecule has 1 aromatic carbocycles. The van der Waals surface area contributed by atoms with Gasteiger partial charge in [-0.1, -0.05) is 47.4 Å². The van der Waals surface area contributed by atoms with Crippen LogP contribution in [0.4, 0.5) is 0 Å². The van der Waals surface area contributed by atoms with E-state index in [1.807, 2.05) is 18.2 Å². The van der Waals surface area contributed by atoms with Gasteiger partial charge in [-0.25, -0.2) is 4.98 Å². The zero-order valence-corrected chi connectivity index (χ0v) is 13.3. The Morgan fingerprint density at radius 2 is 2.05 bits per heavy atom. The first-order valence-corrected chi connectivity index (χ1v) is 7.47. The van der Waals surface area contributed by atoms with Crippen LogP contribution in [0.3, 0.4) is 0 Å². The van der Waals surface area contributed by atoms with E-state index in [0.29, 0.717) is 5.02 Å². The molecule has 0 atom stereocenters.